The number of benzene rings is 1. The summed E-state index contributed by atoms with van der Waals surface area (Å²) in [6, 6.07) is 7.76. The number of nitrogens with zero attached hydrogens (tertiary/aromatic N) is 3. The number of unbranched alkanes of at least 4 members (excludes halogenated alkanes) is 1. The Balaban J connectivity index is 1.92. The maximum absolute atomic E-state index is 12.2. The molecule has 1 aromatic carbocycles. The SMILES string of the molecule is CCCCC(=O)N=C1S[C@@H]2CS(=O)(=O)C[C@@H]2N1c1ccc(N(C)C)cc1. The first-order valence-electron chi connectivity index (χ1n) is 8.86. The molecular weight excluding hydrogens is 370 g/mol. The molecule has 1 aromatic rings. The third-order valence-electron chi connectivity index (χ3n) is 4.68. The lowest BCUT2D eigenvalue weighted by Crippen LogP contribution is -2.37. The summed E-state index contributed by atoms with van der Waals surface area (Å²) in [6.45, 7) is 2.04. The van der Waals surface area contributed by atoms with Gasteiger partial charge in [0.15, 0.2) is 15.0 Å². The zero-order valence-electron chi connectivity index (χ0n) is 15.4. The Labute approximate surface area is 159 Å². The van der Waals surface area contributed by atoms with E-state index in [0.29, 0.717) is 11.6 Å². The molecule has 0 aromatic heterocycles. The molecule has 2 heterocycles. The molecule has 6 nitrogen and oxygen atoms in total. The van der Waals surface area contributed by atoms with Gasteiger partial charge in [-0.1, -0.05) is 25.1 Å². The topological polar surface area (TPSA) is 70.0 Å². The van der Waals surface area contributed by atoms with Gasteiger partial charge in [-0.2, -0.15) is 4.99 Å². The van der Waals surface area contributed by atoms with Gasteiger partial charge in [-0.15, -0.1) is 0 Å². The molecule has 0 saturated carbocycles. The van der Waals surface area contributed by atoms with Crippen LogP contribution in [0.3, 0.4) is 0 Å². The van der Waals surface area contributed by atoms with E-state index < -0.39 is 9.84 Å². The fourth-order valence-electron chi connectivity index (χ4n) is 3.27. The smallest absolute Gasteiger partial charge is 0.248 e. The van der Waals surface area contributed by atoms with E-state index >= 15 is 0 Å². The fraction of sp³-hybridized carbons (Fsp3) is 0.556. The zero-order valence-corrected chi connectivity index (χ0v) is 17.0. The van der Waals surface area contributed by atoms with Gasteiger partial charge in [0.25, 0.3) is 0 Å². The van der Waals surface area contributed by atoms with Gasteiger partial charge in [0.2, 0.25) is 5.91 Å². The Kier molecular flexibility index (Phi) is 5.62. The number of anilines is 2. The van der Waals surface area contributed by atoms with Crippen molar-refractivity contribution in [2.45, 2.75) is 37.5 Å². The van der Waals surface area contributed by atoms with Crippen LogP contribution in [0.4, 0.5) is 11.4 Å². The summed E-state index contributed by atoms with van der Waals surface area (Å²) < 4.78 is 24.2. The normalized spacial score (nSPS) is 25.5. The first-order chi connectivity index (χ1) is 12.3. The first-order valence-corrected chi connectivity index (χ1v) is 11.6. The number of carbonyl (C=O) groups excluding carboxylic acids is 1. The van der Waals surface area contributed by atoms with E-state index in [0.717, 1.165) is 24.2 Å². The van der Waals surface area contributed by atoms with E-state index in [1.165, 1.54) is 11.8 Å². The maximum atomic E-state index is 12.2. The van der Waals surface area contributed by atoms with Crippen molar-refractivity contribution >= 4 is 44.0 Å². The number of carbonyl (C=O) groups is 1. The number of thioether (sulfide) groups is 1. The van der Waals surface area contributed by atoms with Crippen LogP contribution in [0.15, 0.2) is 29.3 Å². The van der Waals surface area contributed by atoms with E-state index in [2.05, 4.69) is 4.99 Å². The highest BCUT2D eigenvalue weighted by molar-refractivity contribution is 8.16. The van der Waals surface area contributed by atoms with Crippen LogP contribution in [-0.4, -0.2) is 56.4 Å². The lowest BCUT2D eigenvalue weighted by Gasteiger charge is -2.25. The monoisotopic (exact) mass is 395 g/mol. The van der Waals surface area contributed by atoms with E-state index in [9.17, 15) is 13.2 Å². The molecule has 2 saturated heterocycles. The average Bonchev–Trinajstić information content (AvgIpc) is 3.03. The van der Waals surface area contributed by atoms with E-state index in [1.807, 2.05) is 55.1 Å². The summed E-state index contributed by atoms with van der Waals surface area (Å²) in [7, 11) is 0.899. The molecular formula is C18H25N3O3S2. The summed E-state index contributed by atoms with van der Waals surface area (Å²) >= 11 is 1.42. The quantitative estimate of drug-likeness (QED) is 0.763. The second-order valence-electron chi connectivity index (χ2n) is 6.97. The summed E-state index contributed by atoms with van der Waals surface area (Å²) in [4.78, 5) is 20.4. The van der Waals surface area contributed by atoms with Gasteiger partial charge in [-0.25, -0.2) is 8.42 Å². The average molecular weight is 396 g/mol. The maximum Gasteiger partial charge on any atom is 0.248 e. The van der Waals surface area contributed by atoms with Crippen molar-refractivity contribution in [2.24, 2.45) is 4.99 Å². The molecule has 2 fully saturated rings. The predicted molar refractivity (Wildman–Crippen MR) is 109 cm³/mol. The summed E-state index contributed by atoms with van der Waals surface area (Å²) in [6.07, 6.45) is 2.20. The molecule has 0 radical (unpaired) electrons. The van der Waals surface area contributed by atoms with Gasteiger partial charge < -0.3 is 9.80 Å². The fourth-order valence-corrected chi connectivity index (χ4v) is 7.20. The van der Waals surface area contributed by atoms with Crippen molar-refractivity contribution < 1.29 is 13.2 Å². The van der Waals surface area contributed by atoms with Gasteiger partial charge in [0.1, 0.15) is 0 Å². The van der Waals surface area contributed by atoms with Crippen LogP contribution in [0, 0.1) is 0 Å². The van der Waals surface area contributed by atoms with E-state index in [-0.39, 0.29) is 28.7 Å². The van der Waals surface area contributed by atoms with Crippen LogP contribution in [0.1, 0.15) is 26.2 Å². The van der Waals surface area contributed by atoms with Crippen LogP contribution < -0.4 is 9.80 Å². The minimum Gasteiger partial charge on any atom is -0.378 e. The van der Waals surface area contributed by atoms with Crippen LogP contribution in [0.2, 0.25) is 0 Å². The van der Waals surface area contributed by atoms with Gasteiger partial charge >= 0.3 is 0 Å². The summed E-state index contributed by atoms with van der Waals surface area (Å²) in [5, 5.41) is 0.569. The third kappa shape index (κ3) is 4.06. The molecule has 0 spiro atoms. The molecule has 0 aliphatic carbocycles. The highest BCUT2D eigenvalue weighted by atomic mass is 32.2. The molecule has 1 amide bonds. The number of hydrogen-bond acceptors (Lipinski definition) is 5. The van der Waals surface area contributed by atoms with Gasteiger partial charge in [-0.05, 0) is 30.7 Å². The summed E-state index contributed by atoms with van der Waals surface area (Å²) in [5.41, 5.74) is 1.95. The van der Waals surface area contributed by atoms with Gasteiger partial charge in [-0.3, -0.25) is 4.79 Å². The van der Waals surface area contributed by atoms with Crippen LogP contribution in [-0.2, 0) is 14.6 Å². The minimum absolute atomic E-state index is 0.0637. The van der Waals surface area contributed by atoms with Crippen molar-refractivity contribution in [3.05, 3.63) is 24.3 Å². The van der Waals surface area contributed by atoms with Crippen molar-refractivity contribution in [1.82, 2.24) is 0 Å². The highest BCUT2D eigenvalue weighted by Crippen LogP contribution is 2.41. The van der Waals surface area contributed by atoms with Crippen molar-refractivity contribution in [2.75, 3.05) is 35.4 Å². The number of rotatable bonds is 5. The van der Waals surface area contributed by atoms with Crippen molar-refractivity contribution in [3.8, 4) is 0 Å². The zero-order chi connectivity index (χ0) is 18.9. The Bertz CT molecular complexity index is 803. The number of fused-ring (bicyclic) bond motifs is 1. The van der Waals surface area contributed by atoms with Gasteiger partial charge in [0.05, 0.1) is 17.5 Å². The Morgan fingerprint density at radius 3 is 2.58 bits per heavy atom. The van der Waals surface area contributed by atoms with Crippen molar-refractivity contribution in [3.63, 3.8) is 0 Å². The molecule has 2 aliphatic heterocycles. The van der Waals surface area contributed by atoms with E-state index in [4.69, 9.17) is 0 Å². The van der Waals surface area contributed by atoms with Crippen LogP contribution in [0.25, 0.3) is 0 Å². The molecule has 3 rings (SSSR count). The number of sulfone groups is 1. The highest BCUT2D eigenvalue weighted by Gasteiger charge is 2.49. The molecule has 2 atom stereocenters. The third-order valence-corrected chi connectivity index (χ3v) is 7.89. The standard InChI is InChI=1S/C18H25N3O3S2/c1-4-5-6-17(22)19-18-21(14-9-7-13(8-10-14)20(2)3)15-11-26(23,24)12-16(15)25-18/h7-10,15-16H,4-6,11-12H2,1-3H3/t15-,16+/m0/s1. The summed E-state index contributed by atoms with van der Waals surface area (Å²) in [5.74, 6) is 0.131. The van der Waals surface area contributed by atoms with Crippen LogP contribution in [0.5, 0.6) is 0 Å². The molecule has 2 aliphatic rings. The molecule has 26 heavy (non-hydrogen) atoms. The van der Waals surface area contributed by atoms with Gasteiger partial charge in [0, 0.05) is 37.1 Å². The molecule has 0 bridgehead atoms. The Morgan fingerprint density at radius 2 is 1.96 bits per heavy atom. The Hall–Kier alpha value is -1.54. The Morgan fingerprint density at radius 1 is 1.27 bits per heavy atom. The first kappa shape index (κ1) is 19.2. The number of amidine groups is 1. The predicted octanol–water partition coefficient (Wildman–Crippen LogP) is 2.54. The van der Waals surface area contributed by atoms with Crippen LogP contribution >= 0.6 is 11.8 Å². The van der Waals surface area contributed by atoms with Crippen molar-refractivity contribution in [1.29, 1.82) is 0 Å². The second-order valence-corrected chi connectivity index (χ2v) is 10.3. The largest absolute Gasteiger partial charge is 0.378 e. The second kappa shape index (κ2) is 7.60. The molecule has 8 heteroatoms. The minimum atomic E-state index is -3.04. The van der Waals surface area contributed by atoms with E-state index in [1.54, 1.807) is 0 Å². The lowest BCUT2D eigenvalue weighted by atomic mass is 10.2. The molecule has 142 valence electrons. The number of amides is 1. The number of hydrogen-bond donors (Lipinski definition) is 0. The lowest BCUT2D eigenvalue weighted by molar-refractivity contribution is -0.117. The molecule has 0 unspecified atom stereocenters. The number of aliphatic imine (C=N–C) groups is 1. The molecule has 0 N–H and O–H groups in total.